The number of carbonyl (C=O) groups excluding carboxylic acids is 3. The van der Waals surface area contributed by atoms with Gasteiger partial charge in [-0.3, -0.25) is 19.4 Å². The highest BCUT2D eigenvalue weighted by molar-refractivity contribution is 6.17. The van der Waals surface area contributed by atoms with Crippen molar-refractivity contribution in [3.63, 3.8) is 0 Å². The van der Waals surface area contributed by atoms with Crippen molar-refractivity contribution in [2.45, 2.75) is 37.7 Å². The number of hydrogen-bond acceptors (Lipinski definition) is 4. The molecular weight excluding hydrogens is 392 g/mol. The van der Waals surface area contributed by atoms with Gasteiger partial charge in [0.05, 0.1) is 0 Å². The van der Waals surface area contributed by atoms with Crippen molar-refractivity contribution in [3.8, 4) is 0 Å². The van der Waals surface area contributed by atoms with Crippen molar-refractivity contribution in [1.29, 1.82) is 0 Å². The summed E-state index contributed by atoms with van der Waals surface area (Å²) in [5.74, 6) is -0.458. The molecule has 1 aliphatic heterocycles. The molecule has 1 saturated heterocycles. The normalized spacial score (nSPS) is 16.9. The van der Waals surface area contributed by atoms with Gasteiger partial charge in [0.25, 0.3) is 5.91 Å². The van der Waals surface area contributed by atoms with Gasteiger partial charge in [-0.05, 0) is 49.6 Å². The second-order valence-corrected chi connectivity index (χ2v) is 7.21. The highest BCUT2D eigenvalue weighted by Crippen LogP contribution is 2.21. The third kappa shape index (κ3) is 5.12. The molecule has 152 valence electrons. The largest absolute Gasteiger partial charge is 0.341 e. The van der Waals surface area contributed by atoms with E-state index in [4.69, 9.17) is 11.6 Å². The molecule has 0 radical (unpaired) electrons. The van der Waals surface area contributed by atoms with Gasteiger partial charge in [0.2, 0.25) is 11.8 Å². The maximum atomic E-state index is 12.9. The summed E-state index contributed by atoms with van der Waals surface area (Å²) in [6.45, 7) is 2.11. The van der Waals surface area contributed by atoms with E-state index in [0.717, 1.165) is 12.0 Å². The Morgan fingerprint density at radius 2 is 1.86 bits per heavy atom. The van der Waals surface area contributed by atoms with Gasteiger partial charge in [0.1, 0.15) is 12.1 Å². The molecule has 2 aromatic rings. The van der Waals surface area contributed by atoms with Gasteiger partial charge < -0.3 is 15.5 Å². The number of anilines is 1. The Morgan fingerprint density at radius 3 is 2.52 bits per heavy atom. The fourth-order valence-electron chi connectivity index (χ4n) is 3.30. The quantitative estimate of drug-likeness (QED) is 0.710. The van der Waals surface area contributed by atoms with Crippen LogP contribution >= 0.6 is 11.6 Å². The number of halogens is 1. The molecule has 0 saturated carbocycles. The van der Waals surface area contributed by atoms with E-state index in [0.29, 0.717) is 30.1 Å². The van der Waals surface area contributed by atoms with Gasteiger partial charge in [-0.15, -0.1) is 11.6 Å². The van der Waals surface area contributed by atoms with Gasteiger partial charge in [-0.25, -0.2) is 0 Å². The summed E-state index contributed by atoms with van der Waals surface area (Å²) in [4.78, 5) is 43.3. The van der Waals surface area contributed by atoms with E-state index >= 15 is 0 Å². The lowest BCUT2D eigenvalue weighted by molar-refractivity contribution is -0.137. The van der Waals surface area contributed by atoms with Gasteiger partial charge in [0, 0.05) is 36.1 Å². The van der Waals surface area contributed by atoms with Crippen molar-refractivity contribution in [3.05, 3.63) is 59.9 Å². The Labute approximate surface area is 174 Å². The number of aromatic nitrogens is 1. The number of rotatable bonds is 6. The Kier molecular flexibility index (Phi) is 6.82. The van der Waals surface area contributed by atoms with Crippen molar-refractivity contribution in [2.75, 3.05) is 11.9 Å². The van der Waals surface area contributed by atoms with Crippen LogP contribution in [0.5, 0.6) is 0 Å². The number of amides is 3. The number of pyridine rings is 1. The Morgan fingerprint density at radius 1 is 1.17 bits per heavy atom. The van der Waals surface area contributed by atoms with E-state index in [1.54, 1.807) is 36.1 Å². The van der Waals surface area contributed by atoms with Gasteiger partial charge in [-0.2, -0.15) is 0 Å². The fourth-order valence-corrected chi connectivity index (χ4v) is 3.48. The lowest BCUT2D eigenvalue weighted by Gasteiger charge is -2.27. The summed E-state index contributed by atoms with van der Waals surface area (Å²) in [7, 11) is 0. The fraction of sp³-hybridized carbons (Fsp3) is 0.333. The van der Waals surface area contributed by atoms with Crippen LogP contribution in [0.4, 0.5) is 5.69 Å². The van der Waals surface area contributed by atoms with Crippen molar-refractivity contribution in [2.24, 2.45) is 0 Å². The molecule has 7 nitrogen and oxygen atoms in total. The first-order valence-electron chi connectivity index (χ1n) is 9.46. The summed E-state index contributed by atoms with van der Waals surface area (Å²) in [5, 5.41) is 5.55. The van der Waals surface area contributed by atoms with Crippen LogP contribution in [0.15, 0.2) is 48.8 Å². The van der Waals surface area contributed by atoms with E-state index in [2.05, 4.69) is 15.6 Å². The first-order valence-corrected chi connectivity index (χ1v) is 10.00. The summed E-state index contributed by atoms with van der Waals surface area (Å²) >= 11 is 5.78. The summed E-state index contributed by atoms with van der Waals surface area (Å²) in [5.41, 5.74) is 2.04. The minimum absolute atomic E-state index is 0.234. The first kappa shape index (κ1) is 20.8. The van der Waals surface area contributed by atoms with Crippen LogP contribution in [-0.4, -0.2) is 46.2 Å². The molecule has 2 heterocycles. The van der Waals surface area contributed by atoms with Crippen LogP contribution in [-0.2, 0) is 15.5 Å². The van der Waals surface area contributed by atoms with E-state index < -0.39 is 12.1 Å². The lowest BCUT2D eigenvalue weighted by atomic mass is 10.1. The molecule has 8 heteroatoms. The molecule has 1 fully saturated rings. The molecular formula is C21H23ClN4O3. The van der Waals surface area contributed by atoms with E-state index in [-0.39, 0.29) is 17.7 Å². The number of hydrogen-bond donors (Lipinski definition) is 2. The second-order valence-electron chi connectivity index (χ2n) is 6.94. The molecule has 0 unspecified atom stereocenters. The number of likely N-dealkylation sites (tertiary alicyclic amines) is 1. The number of carbonyl (C=O) groups is 3. The van der Waals surface area contributed by atoms with Gasteiger partial charge in [-0.1, -0.05) is 12.1 Å². The van der Waals surface area contributed by atoms with E-state index in [1.165, 1.54) is 12.4 Å². The summed E-state index contributed by atoms with van der Waals surface area (Å²) in [6.07, 6.45) is 4.35. The predicted octanol–water partition coefficient (Wildman–Crippen LogP) is 2.57. The van der Waals surface area contributed by atoms with Crippen LogP contribution in [0.3, 0.4) is 0 Å². The molecule has 2 N–H and O–H groups in total. The number of benzene rings is 1. The zero-order valence-corrected chi connectivity index (χ0v) is 16.9. The summed E-state index contributed by atoms with van der Waals surface area (Å²) in [6, 6.07) is 9.11. The SMILES string of the molecule is C[C@@H](NC(=O)c1ccncc1)C(=O)N1CCC[C@H]1C(=O)Nc1ccc(CCl)cc1. The zero-order valence-electron chi connectivity index (χ0n) is 16.1. The zero-order chi connectivity index (χ0) is 20.8. The monoisotopic (exact) mass is 414 g/mol. The number of nitrogens with one attached hydrogen (secondary N) is 2. The van der Waals surface area contributed by atoms with Crippen molar-refractivity contribution in [1.82, 2.24) is 15.2 Å². The lowest BCUT2D eigenvalue weighted by Crippen LogP contribution is -2.51. The predicted molar refractivity (Wildman–Crippen MR) is 111 cm³/mol. The van der Waals surface area contributed by atoms with Gasteiger partial charge >= 0.3 is 0 Å². The third-order valence-corrected chi connectivity index (χ3v) is 5.18. The highest BCUT2D eigenvalue weighted by Gasteiger charge is 2.36. The molecule has 0 aliphatic carbocycles. The molecule has 0 spiro atoms. The minimum atomic E-state index is -0.743. The maximum Gasteiger partial charge on any atom is 0.252 e. The van der Waals surface area contributed by atoms with Crippen LogP contribution in [0.2, 0.25) is 0 Å². The second kappa shape index (κ2) is 9.52. The van der Waals surface area contributed by atoms with Gasteiger partial charge in [0.15, 0.2) is 0 Å². The average Bonchev–Trinajstić information content (AvgIpc) is 3.24. The highest BCUT2D eigenvalue weighted by atomic mass is 35.5. The molecule has 29 heavy (non-hydrogen) atoms. The van der Waals surface area contributed by atoms with Crippen LogP contribution in [0.1, 0.15) is 35.7 Å². The minimum Gasteiger partial charge on any atom is -0.341 e. The van der Waals surface area contributed by atoms with Crippen molar-refractivity contribution < 1.29 is 14.4 Å². The maximum absolute atomic E-state index is 12.9. The van der Waals surface area contributed by atoms with E-state index in [9.17, 15) is 14.4 Å². The number of nitrogens with zero attached hydrogens (tertiary/aromatic N) is 2. The Bertz CT molecular complexity index is 873. The molecule has 1 aromatic carbocycles. The Hall–Kier alpha value is -2.93. The molecule has 0 bridgehead atoms. The van der Waals surface area contributed by atoms with Crippen molar-refractivity contribution >= 4 is 35.0 Å². The molecule has 3 rings (SSSR count). The molecule has 1 aromatic heterocycles. The van der Waals surface area contributed by atoms with Crippen LogP contribution in [0, 0.1) is 0 Å². The average molecular weight is 415 g/mol. The number of alkyl halides is 1. The van der Waals surface area contributed by atoms with Crippen LogP contribution in [0.25, 0.3) is 0 Å². The topological polar surface area (TPSA) is 91.4 Å². The Balaban J connectivity index is 1.61. The molecule has 2 atom stereocenters. The smallest absolute Gasteiger partial charge is 0.252 e. The van der Waals surface area contributed by atoms with E-state index in [1.807, 2.05) is 12.1 Å². The first-order chi connectivity index (χ1) is 14.0. The van der Waals surface area contributed by atoms with Crippen LogP contribution < -0.4 is 10.6 Å². The summed E-state index contributed by atoms with van der Waals surface area (Å²) < 4.78 is 0. The third-order valence-electron chi connectivity index (χ3n) is 4.87. The molecule has 1 aliphatic rings. The molecule has 3 amide bonds. The standard InChI is InChI=1S/C21H23ClN4O3/c1-14(24-19(27)16-8-10-23-11-9-16)21(29)26-12-2-3-18(26)20(28)25-17-6-4-15(13-22)5-7-17/h4-11,14,18H,2-3,12-13H2,1H3,(H,24,27)(H,25,28)/t14-,18+/m1/s1.